The number of Topliss-reactive ketones (excluding diaryl/α,β-unsaturated/α-hetero) is 1. The normalized spacial score (nSPS) is 12.7. The lowest BCUT2D eigenvalue weighted by Gasteiger charge is -2.21. The van der Waals surface area contributed by atoms with Gasteiger partial charge >= 0.3 is 0 Å². The van der Waals surface area contributed by atoms with E-state index < -0.39 is 5.60 Å². The first-order chi connectivity index (χ1) is 7.79. The van der Waals surface area contributed by atoms with Crippen LogP contribution in [0.4, 0.5) is 0 Å². The minimum atomic E-state index is -0.830. The van der Waals surface area contributed by atoms with E-state index in [1.807, 2.05) is 0 Å². The van der Waals surface area contributed by atoms with E-state index in [0.29, 0.717) is 17.1 Å². The summed E-state index contributed by atoms with van der Waals surface area (Å²) in [6, 6.07) is 6.51. The molecule has 0 amide bonds. The standard InChI is InChI=1S/C13H18ClNO2.ClH/c1-9(15-8-13(2,3)17)12(16)10-5-4-6-11(14)7-10;/h4-7,9,15,17H,8H2,1-3H3;1H. The van der Waals surface area contributed by atoms with E-state index in [2.05, 4.69) is 5.32 Å². The zero-order valence-electron chi connectivity index (χ0n) is 10.7. The van der Waals surface area contributed by atoms with Gasteiger partial charge in [-0.25, -0.2) is 0 Å². The fraction of sp³-hybridized carbons (Fsp3) is 0.462. The first-order valence-electron chi connectivity index (χ1n) is 5.55. The molecule has 1 rings (SSSR count). The summed E-state index contributed by atoms with van der Waals surface area (Å²) in [5.41, 5.74) is -0.253. The molecule has 18 heavy (non-hydrogen) atoms. The highest BCUT2D eigenvalue weighted by Gasteiger charge is 2.19. The van der Waals surface area contributed by atoms with Crippen molar-refractivity contribution in [1.29, 1.82) is 0 Å². The lowest BCUT2D eigenvalue weighted by molar-refractivity contribution is 0.0734. The van der Waals surface area contributed by atoms with Gasteiger partial charge in [-0.15, -0.1) is 12.4 Å². The maximum absolute atomic E-state index is 12.0. The molecule has 0 aromatic heterocycles. The van der Waals surface area contributed by atoms with Gasteiger partial charge in [0, 0.05) is 17.1 Å². The Morgan fingerprint density at radius 1 is 1.50 bits per heavy atom. The lowest BCUT2D eigenvalue weighted by Crippen LogP contribution is -2.42. The molecule has 0 radical (unpaired) electrons. The molecule has 0 spiro atoms. The van der Waals surface area contributed by atoms with Crippen LogP contribution in [0.25, 0.3) is 0 Å². The summed E-state index contributed by atoms with van der Waals surface area (Å²) in [7, 11) is 0. The minimum Gasteiger partial charge on any atom is -0.389 e. The summed E-state index contributed by atoms with van der Waals surface area (Å²) < 4.78 is 0. The molecule has 0 aliphatic rings. The van der Waals surface area contributed by atoms with Crippen LogP contribution in [0.1, 0.15) is 31.1 Å². The zero-order valence-corrected chi connectivity index (χ0v) is 12.3. The lowest BCUT2D eigenvalue weighted by atomic mass is 10.0. The highest BCUT2D eigenvalue weighted by molar-refractivity contribution is 6.31. The van der Waals surface area contributed by atoms with Crippen LogP contribution in [0.3, 0.4) is 0 Å². The molecule has 0 aliphatic heterocycles. The van der Waals surface area contributed by atoms with Crippen molar-refractivity contribution < 1.29 is 9.90 Å². The molecule has 0 aliphatic carbocycles. The third-order valence-electron chi connectivity index (χ3n) is 2.34. The van der Waals surface area contributed by atoms with E-state index in [1.165, 1.54) is 0 Å². The minimum absolute atomic E-state index is 0. The van der Waals surface area contributed by atoms with Crippen molar-refractivity contribution in [3.8, 4) is 0 Å². The topological polar surface area (TPSA) is 49.3 Å². The van der Waals surface area contributed by atoms with Crippen molar-refractivity contribution in [3.63, 3.8) is 0 Å². The maximum Gasteiger partial charge on any atom is 0.179 e. The molecule has 1 atom stereocenters. The third kappa shape index (κ3) is 5.83. The molecule has 5 heteroatoms. The van der Waals surface area contributed by atoms with Gasteiger partial charge in [0.25, 0.3) is 0 Å². The molecule has 102 valence electrons. The average molecular weight is 292 g/mol. The van der Waals surface area contributed by atoms with Crippen LogP contribution in [0.5, 0.6) is 0 Å². The Balaban J connectivity index is 0.00000289. The van der Waals surface area contributed by atoms with Crippen LogP contribution < -0.4 is 5.32 Å². The molecule has 0 fully saturated rings. The van der Waals surface area contributed by atoms with Crippen molar-refractivity contribution in [1.82, 2.24) is 5.32 Å². The molecule has 3 nitrogen and oxygen atoms in total. The fourth-order valence-corrected chi connectivity index (χ4v) is 1.58. The summed E-state index contributed by atoms with van der Waals surface area (Å²) in [5, 5.41) is 13.1. The first kappa shape index (κ1) is 17.4. The average Bonchev–Trinajstić information content (AvgIpc) is 2.24. The molecule has 0 heterocycles. The monoisotopic (exact) mass is 291 g/mol. The van der Waals surface area contributed by atoms with E-state index in [9.17, 15) is 9.90 Å². The van der Waals surface area contributed by atoms with Crippen LogP contribution in [-0.4, -0.2) is 29.1 Å². The fourth-order valence-electron chi connectivity index (χ4n) is 1.39. The number of halogens is 2. The summed E-state index contributed by atoms with van der Waals surface area (Å²) >= 11 is 5.83. The zero-order chi connectivity index (χ0) is 13.1. The van der Waals surface area contributed by atoms with Gasteiger partial charge in [0.15, 0.2) is 5.78 Å². The molecular formula is C13H19Cl2NO2. The summed E-state index contributed by atoms with van der Waals surface area (Å²) in [6.07, 6.45) is 0. The Labute approximate surface area is 119 Å². The van der Waals surface area contributed by atoms with Crippen LogP contribution in [-0.2, 0) is 0 Å². The predicted octanol–water partition coefficient (Wildman–Crippen LogP) is 2.69. The molecule has 0 saturated carbocycles. The van der Waals surface area contributed by atoms with Gasteiger partial charge in [-0.2, -0.15) is 0 Å². The van der Waals surface area contributed by atoms with Gasteiger partial charge in [-0.3, -0.25) is 4.79 Å². The Morgan fingerprint density at radius 3 is 2.61 bits per heavy atom. The van der Waals surface area contributed by atoms with Crippen molar-refractivity contribution in [2.75, 3.05) is 6.54 Å². The third-order valence-corrected chi connectivity index (χ3v) is 2.58. The van der Waals surface area contributed by atoms with Gasteiger partial charge in [0.05, 0.1) is 11.6 Å². The number of aliphatic hydroxyl groups is 1. The number of benzene rings is 1. The van der Waals surface area contributed by atoms with Gasteiger partial charge in [0.1, 0.15) is 0 Å². The number of carbonyl (C=O) groups excluding carboxylic acids is 1. The summed E-state index contributed by atoms with van der Waals surface area (Å²) in [6.45, 7) is 5.52. The Bertz CT molecular complexity index is 402. The van der Waals surface area contributed by atoms with E-state index in [-0.39, 0.29) is 24.2 Å². The van der Waals surface area contributed by atoms with Crippen LogP contribution in [0, 0.1) is 0 Å². The molecule has 1 aromatic rings. The van der Waals surface area contributed by atoms with Crippen molar-refractivity contribution in [2.45, 2.75) is 32.4 Å². The highest BCUT2D eigenvalue weighted by Crippen LogP contribution is 2.12. The predicted molar refractivity (Wildman–Crippen MR) is 76.8 cm³/mol. The quantitative estimate of drug-likeness (QED) is 0.820. The molecule has 2 N–H and O–H groups in total. The van der Waals surface area contributed by atoms with Crippen LogP contribution >= 0.6 is 24.0 Å². The second-order valence-electron chi connectivity index (χ2n) is 4.79. The van der Waals surface area contributed by atoms with Gasteiger partial charge in [-0.05, 0) is 32.9 Å². The SMILES string of the molecule is CC(NCC(C)(C)O)C(=O)c1cccc(Cl)c1.Cl. The van der Waals surface area contributed by atoms with Crippen molar-refractivity contribution in [3.05, 3.63) is 34.9 Å². The summed E-state index contributed by atoms with van der Waals surface area (Å²) in [5.74, 6) is -0.0308. The van der Waals surface area contributed by atoms with E-state index in [0.717, 1.165) is 0 Å². The molecule has 0 saturated heterocycles. The second kappa shape index (κ2) is 7.10. The van der Waals surface area contributed by atoms with Gasteiger partial charge in [0.2, 0.25) is 0 Å². The molecule has 0 bridgehead atoms. The number of ketones is 1. The van der Waals surface area contributed by atoms with E-state index in [1.54, 1.807) is 45.0 Å². The van der Waals surface area contributed by atoms with E-state index >= 15 is 0 Å². The number of hydrogen-bond acceptors (Lipinski definition) is 3. The molecule has 1 unspecified atom stereocenters. The van der Waals surface area contributed by atoms with Crippen molar-refractivity contribution in [2.24, 2.45) is 0 Å². The number of rotatable bonds is 5. The van der Waals surface area contributed by atoms with Crippen LogP contribution in [0.2, 0.25) is 5.02 Å². The van der Waals surface area contributed by atoms with Gasteiger partial charge < -0.3 is 10.4 Å². The molecule has 1 aromatic carbocycles. The Hall–Kier alpha value is -0.610. The number of carbonyl (C=O) groups is 1. The Morgan fingerprint density at radius 2 is 2.11 bits per heavy atom. The van der Waals surface area contributed by atoms with Gasteiger partial charge in [-0.1, -0.05) is 23.7 Å². The van der Waals surface area contributed by atoms with Crippen molar-refractivity contribution >= 4 is 29.8 Å². The first-order valence-corrected chi connectivity index (χ1v) is 5.93. The second-order valence-corrected chi connectivity index (χ2v) is 5.23. The smallest absolute Gasteiger partial charge is 0.179 e. The maximum atomic E-state index is 12.0. The summed E-state index contributed by atoms with van der Waals surface area (Å²) in [4.78, 5) is 12.0. The van der Waals surface area contributed by atoms with Crippen LogP contribution in [0.15, 0.2) is 24.3 Å². The van der Waals surface area contributed by atoms with E-state index in [4.69, 9.17) is 11.6 Å². The largest absolute Gasteiger partial charge is 0.389 e. The molecular weight excluding hydrogens is 273 g/mol. The number of hydrogen-bond donors (Lipinski definition) is 2. The Kier molecular flexibility index (Phi) is 6.86. The highest BCUT2D eigenvalue weighted by atomic mass is 35.5. The number of nitrogens with one attached hydrogen (secondary N) is 1.